The molecule has 5 rings (SSSR count). The van der Waals surface area contributed by atoms with E-state index >= 15 is 0 Å². The molecule has 0 aliphatic carbocycles. The number of unbranched alkanes of at least 4 members (excludes halogenated alkanes) is 1. The van der Waals surface area contributed by atoms with Crippen LogP contribution in [0.3, 0.4) is 0 Å². The lowest BCUT2D eigenvalue weighted by Gasteiger charge is -2.30. The summed E-state index contributed by atoms with van der Waals surface area (Å²) >= 11 is 6.54. The van der Waals surface area contributed by atoms with E-state index in [1.165, 1.54) is 0 Å². The number of hydrogen-bond donors (Lipinski definition) is 4. The number of carbonyl (C=O) groups is 1. The van der Waals surface area contributed by atoms with E-state index < -0.39 is 5.41 Å². The Bertz CT molecular complexity index is 1590. The highest BCUT2D eigenvalue weighted by Crippen LogP contribution is 2.32. The van der Waals surface area contributed by atoms with E-state index in [1.807, 2.05) is 47.3 Å². The Morgan fingerprint density at radius 1 is 1.14 bits per heavy atom. The number of halogens is 1. The molecular formula is C32H36ClN9O2. The molecule has 0 radical (unpaired) electrons. The van der Waals surface area contributed by atoms with Gasteiger partial charge in [0.05, 0.1) is 40.6 Å². The molecular weight excluding hydrogens is 578 g/mol. The van der Waals surface area contributed by atoms with Crippen LogP contribution in [-0.2, 0) is 11.3 Å². The molecule has 0 bridgehead atoms. The summed E-state index contributed by atoms with van der Waals surface area (Å²) in [6, 6.07) is 17.4. The predicted octanol–water partition coefficient (Wildman–Crippen LogP) is 5.55. The first kappa shape index (κ1) is 30.9. The van der Waals surface area contributed by atoms with Crippen LogP contribution in [-0.4, -0.2) is 52.0 Å². The van der Waals surface area contributed by atoms with Crippen LogP contribution in [0, 0.1) is 16.7 Å². The summed E-state index contributed by atoms with van der Waals surface area (Å²) in [6.07, 6.45) is 8.66. The Balaban J connectivity index is 1.20. The molecule has 0 atom stereocenters. The van der Waals surface area contributed by atoms with Crippen molar-refractivity contribution in [3.63, 3.8) is 0 Å². The fourth-order valence-electron chi connectivity index (χ4n) is 4.83. The van der Waals surface area contributed by atoms with E-state index in [-0.39, 0.29) is 5.91 Å². The molecule has 12 heteroatoms. The Morgan fingerprint density at radius 3 is 2.73 bits per heavy atom. The minimum atomic E-state index is -0.461. The zero-order valence-corrected chi connectivity index (χ0v) is 25.4. The third-order valence-corrected chi connectivity index (χ3v) is 7.80. The summed E-state index contributed by atoms with van der Waals surface area (Å²) in [5, 5.41) is 21.3. The van der Waals surface area contributed by atoms with Crippen LogP contribution in [0.2, 0.25) is 5.02 Å². The summed E-state index contributed by atoms with van der Waals surface area (Å²) in [6.45, 7) is 5.07. The van der Waals surface area contributed by atoms with E-state index in [0.717, 1.165) is 36.2 Å². The molecule has 228 valence electrons. The Kier molecular flexibility index (Phi) is 10.4. The number of nitrogens with zero attached hydrogens (tertiary/aromatic N) is 5. The lowest BCUT2D eigenvalue weighted by molar-refractivity contribution is 0.0455. The maximum Gasteiger partial charge on any atom is 0.265 e. The zero-order chi connectivity index (χ0) is 30.8. The molecule has 1 aromatic carbocycles. The van der Waals surface area contributed by atoms with Gasteiger partial charge in [0.2, 0.25) is 0 Å². The van der Waals surface area contributed by atoms with Crippen LogP contribution in [0.25, 0.3) is 11.3 Å². The van der Waals surface area contributed by atoms with Crippen molar-refractivity contribution in [2.24, 2.45) is 5.41 Å². The van der Waals surface area contributed by atoms with E-state index in [4.69, 9.17) is 21.3 Å². The minimum Gasteiger partial charge on any atom is -0.381 e. The van der Waals surface area contributed by atoms with Crippen molar-refractivity contribution >= 4 is 34.8 Å². The van der Waals surface area contributed by atoms with Gasteiger partial charge in [-0.3, -0.25) is 14.9 Å². The molecule has 3 aromatic heterocycles. The van der Waals surface area contributed by atoms with Gasteiger partial charge in [0.25, 0.3) is 5.91 Å². The first-order chi connectivity index (χ1) is 21.5. The van der Waals surface area contributed by atoms with Gasteiger partial charge in [0.1, 0.15) is 11.6 Å². The molecule has 1 aliphatic rings. The molecule has 11 nitrogen and oxygen atoms in total. The van der Waals surface area contributed by atoms with Crippen molar-refractivity contribution in [1.29, 1.82) is 5.26 Å². The lowest BCUT2D eigenvalue weighted by atomic mass is 9.82. The summed E-state index contributed by atoms with van der Waals surface area (Å²) in [5.74, 6) is 1.11. The molecule has 44 heavy (non-hydrogen) atoms. The second kappa shape index (κ2) is 14.8. The van der Waals surface area contributed by atoms with Gasteiger partial charge in [-0.25, -0.2) is 15.4 Å². The minimum absolute atomic E-state index is 0.159. The van der Waals surface area contributed by atoms with Gasteiger partial charge >= 0.3 is 0 Å². The molecule has 1 fully saturated rings. The standard InChI is InChI=1S/C32H36ClN9O2/c1-2-3-13-37-41-31(43)24-9-7-23(8-10-24)19-42-20-25(17-38-42)39-30-16-26(27(33)18-35-30)28-5-4-6-29(40-28)36-22-32(21-34)11-14-44-15-12-32/h4-10,16-18,20,37H,2-3,11-15,19,22H2,1H3,(H,35,39)(H,36,40)(H,41,43). The monoisotopic (exact) mass is 613 g/mol. The second-order valence-corrected chi connectivity index (χ2v) is 11.2. The summed E-state index contributed by atoms with van der Waals surface area (Å²) < 4.78 is 7.25. The summed E-state index contributed by atoms with van der Waals surface area (Å²) in [4.78, 5) is 21.5. The predicted molar refractivity (Wildman–Crippen MR) is 170 cm³/mol. The molecule has 0 spiro atoms. The number of anilines is 3. The number of hydrazine groups is 1. The van der Waals surface area contributed by atoms with Gasteiger partial charge < -0.3 is 15.4 Å². The van der Waals surface area contributed by atoms with Gasteiger partial charge in [-0.2, -0.15) is 10.4 Å². The van der Waals surface area contributed by atoms with E-state index in [2.05, 4.69) is 44.6 Å². The Labute approximate surface area is 262 Å². The van der Waals surface area contributed by atoms with Crippen LogP contribution in [0.4, 0.5) is 17.3 Å². The van der Waals surface area contributed by atoms with Crippen molar-refractivity contribution in [2.75, 3.05) is 36.9 Å². The Morgan fingerprint density at radius 2 is 1.95 bits per heavy atom. The average Bonchev–Trinajstić information content (AvgIpc) is 3.50. The number of nitriles is 1. The summed E-state index contributed by atoms with van der Waals surface area (Å²) in [7, 11) is 0. The zero-order valence-electron chi connectivity index (χ0n) is 24.6. The number of pyridine rings is 2. The van der Waals surface area contributed by atoms with Crippen molar-refractivity contribution in [1.82, 2.24) is 30.6 Å². The van der Waals surface area contributed by atoms with Crippen LogP contribution >= 0.6 is 11.6 Å². The number of amides is 1. The first-order valence-electron chi connectivity index (χ1n) is 14.7. The number of ether oxygens (including phenoxy) is 1. The molecule has 1 amide bonds. The quantitative estimate of drug-likeness (QED) is 0.113. The van der Waals surface area contributed by atoms with Gasteiger partial charge in [-0.1, -0.05) is 43.1 Å². The smallest absolute Gasteiger partial charge is 0.265 e. The molecule has 4 heterocycles. The highest BCUT2D eigenvalue weighted by atomic mass is 35.5. The number of hydrogen-bond acceptors (Lipinski definition) is 9. The second-order valence-electron chi connectivity index (χ2n) is 10.8. The number of nitrogens with one attached hydrogen (secondary N) is 4. The number of benzene rings is 1. The lowest BCUT2D eigenvalue weighted by Crippen LogP contribution is -2.37. The number of carbonyl (C=O) groups excluding carboxylic acids is 1. The van der Waals surface area contributed by atoms with Crippen molar-refractivity contribution < 1.29 is 9.53 Å². The van der Waals surface area contributed by atoms with Gasteiger partial charge in [0, 0.05) is 49.8 Å². The average molecular weight is 614 g/mol. The van der Waals surface area contributed by atoms with Gasteiger partial charge in [0.15, 0.2) is 0 Å². The summed E-state index contributed by atoms with van der Waals surface area (Å²) in [5.41, 5.74) is 8.99. The third kappa shape index (κ3) is 8.11. The van der Waals surface area contributed by atoms with Gasteiger partial charge in [-0.15, -0.1) is 0 Å². The highest BCUT2D eigenvalue weighted by Gasteiger charge is 2.32. The number of rotatable bonds is 13. The van der Waals surface area contributed by atoms with Crippen molar-refractivity contribution in [3.05, 3.63) is 83.3 Å². The van der Waals surface area contributed by atoms with E-state index in [0.29, 0.717) is 67.1 Å². The molecule has 4 aromatic rings. The maximum atomic E-state index is 12.3. The highest BCUT2D eigenvalue weighted by molar-refractivity contribution is 6.33. The molecule has 0 saturated carbocycles. The normalized spacial score (nSPS) is 14.0. The van der Waals surface area contributed by atoms with E-state index in [9.17, 15) is 10.1 Å². The van der Waals surface area contributed by atoms with E-state index in [1.54, 1.807) is 24.5 Å². The van der Waals surface area contributed by atoms with Gasteiger partial charge in [-0.05, 0) is 55.2 Å². The van der Waals surface area contributed by atoms with Crippen molar-refractivity contribution in [2.45, 2.75) is 39.2 Å². The number of aromatic nitrogens is 4. The fraction of sp³-hybridized carbons (Fsp3) is 0.344. The van der Waals surface area contributed by atoms with Crippen LogP contribution < -0.4 is 21.5 Å². The first-order valence-corrected chi connectivity index (χ1v) is 15.1. The maximum absolute atomic E-state index is 12.3. The third-order valence-electron chi connectivity index (χ3n) is 7.50. The fourth-order valence-corrected chi connectivity index (χ4v) is 5.03. The van der Waals surface area contributed by atoms with Crippen LogP contribution in [0.5, 0.6) is 0 Å². The SMILES string of the molecule is CCCCNNC(=O)c1ccc(Cn2cc(Nc3cc(-c4cccc(NCC5(C#N)CCOCC5)n4)c(Cl)cn3)cn2)cc1. The topological polar surface area (TPSA) is 142 Å². The molecule has 1 saturated heterocycles. The largest absolute Gasteiger partial charge is 0.381 e. The van der Waals surface area contributed by atoms with Crippen LogP contribution in [0.1, 0.15) is 48.5 Å². The molecule has 0 unspecified atom stereocenters. The molecule has 1 aliphatic heterocycles. The van der Waals surface area contributed by atoms with Crippen molar-refractivity contribution in [3.8, 4) is 17.3 Å². The van der Waals surface area contributed by atoms with Crippen LogP contribution in [0.15, 0.2) is 67.1 Å². The Hall–Kier alpha value is -4.50. The molecule has 4 N–H and O–H groups in total.